The number of phenols is 1. The van der Waals surface area contributed by atoms with Crippen LogP contribution < -0.4 is 0 Å². The lowest BCUT2D eigenvalue weighted by molar-refractivity contribution is -0.142. The maximum absolute atomic E-state index is 12.5. The van der Waals surface area contributed by atoms with Crippen molar-refractivity contribution in [1.29, 1.82) is 0 Å². The number of nitrogens with zero attached hydrogens (tertiary/aromatic N) is 6. The van der Waals surface area contributed by atoms with E-state index in [0.717, 1.165) is 30.1 Å². The number of carboxylic acid groups (broad SMARTS) is 5. The van der Waals surface area contributed by atoms with E-state index in [1.54, 1.807) is 176 Å². The third kappa shape index (κ3) is 15.8. The lowest BCUT2D eigenvalue weighted by Gasteiger charge is -2.25. The number of carbonyl (C=O) groups excluding carboxylic acids is 10. The predicted molar refractivity (Wildman–Crippen MR) is 381 cm³/mol. The highest BCUT2D eigenvalue weighted by atomic mass is 16.4. The largest absolute Gasteiger partial charge is 0.508 e. The Morgan fingerprint density at radius 3 is 0.881 bits per heavy atom. The summed E-state index contributed by atoms with van der Waals surface area (Å²) in [6.07, 6.45) is 2.71. The zero-order valence-corrected chi connectivity index (χ0v) is 56.9. The minimum Gasteiger partial charge on any atom is -0.508 e. The smallest absolute Gasteiger partial charge is 0.331 e. The predicted octanol–water partition coefficient (Wildman–Crippen LogP) is 8.97. The Bertz CT molecular complexity index is 5110. The fraction of sp³-hybridized carbons (Fsp3) is 0.111. The fourth-order valence-electron chi connectivity index (χ4n) is 12.8. The maximum atomic E-state index is 12.5. The summed E-state index contributed by atoms with van der Waals surface area (Å²) >= 11 is 0. The summed E-state index contributed by atoms with van der Waals surface area (Å²) < 4.78 is 0. The average molecular weight is 1470 g/mol. The van der Waals surface area contributed by atoms with Crippen molar-refractivity contribution in [2.75, 3.05) is 0 Å². The number of carboxylic acids is 5. The van der Waals surface area contributed by atoms with Crippen molar-refractivity contribution >= 4 is 88.9 Å². The van der Waals surface area contributed by atoms with Crippen LogP contribution in [0.25, 0.3) is 0 Å². The summed E-state index contributed by atoms with van der Waals surface area (Å²) in [5, 5.41) is 56.2. The molecule has 0 saturated carbocycles. The van der Waals surface area contributed by atoms with Crippen LogP contribution in [0.5, 0.6) is 5.75 Å². The molecule has 6 heterocycles. The standard InChI is InChI=1S/C17H13NO5.2C17H13NO4.C16H11NO4.C14H11N3O4/c19-11-7-5-10(6-8-11)9-14(17(22)23)18-15(20)12-3-1-2-4-13(12)16(18)21;19-15(20)10-14(11-6-2-1-3-7-11)18-16(21)12-8-4-5-9-13(12)17(18)22;19-15-12-8-4-5-9-13(12)16(20)18(15)14(17(21)22)10-11-6-2-1-3-7-11;18-14-11-8-4-5-9-12(11)15(19)17(14)13(16(20)21)10-6-2-1-3-7-10;18-12-8-3-1-2-4-9(8)13(19)17(12)10(14(20)21)7-11-15-5-6-16-11/h1-8,14,19H,9H2,(H,22,23);1-9,14H,10H2,(H,19,20);1-9,14H,10H2,(H,21,22);1-9,13H,(H,20,21);1-6,10H,7H2,(H,15,16)(H,20,21). The Hall–Kier alpha value is -15.0. The van der Waals surface area contributed by atoms with Gasteiger partial charge in [-0.2, -0.15) is 0 Å². The lowest BCUT2D eigenvalue weighted by Crippen LogP contribution is -2.46. The Morgan fingerprint density at radius 2 is 0.587 bits per heavy atom. The molecule has 0 spiro atoms. The highest BCUT2D eigenvalue weighted by molar-refractivity contribution is 6.26. The van der Waals surface area contributed by atoms with Gasteiger partial charge in [-0.1, -0.05) is 164 Å². The van der Waals surface area contributed by atoms with Crippen molar-refractivity contribution < 1.29 is 103 Å². The van der Waals surface area contributed by atoms with Gasteiger partial charge in [0.05, 0.1) is 68.1 Å². The van der Waals surface area contributed by atoms with Crippen molar-refractivity contribution in [1.82, 2.24) is 34.5 Å². The van der Waals surface area contributed by atoms with Gasteiger partial charge < -0.3 is 35.6 Å². The summed E-state index contributed by atoms with van der Waals surface area (Å²) in [5.74, 6) is -11.1. The summed E-state index contributed by atoms with van der Waals surface area (Å²) in [6, 6.07) is 57.8. The van der Waals surface area contributed by atoms with Crippen LogP contribution in [0.15, 0.2) is 249 Å². The van der Waals surface area contributed by atoms with Gasteiger partial charge in [0.2, 0.25) is 0 Å². The molecule has 5 aliphatic heterocycles. The molecule has 5 unspecified atom stereocenters. The molecule has 0 radical (unpaired) electrons. The first-order valence-corrected chi connectivity index (χ1v) is 33.3. The van der Waals surface area contributed by atoms with Gasteiger partial charge in [0, 0.05) is 31.7 Å². The minimum atomic E-state index is -1.32. The first-order valence-electron chi connectivity index (χ1n) is 33.3. The van der Waals surface area contributed by atoms with Crippen molar-refractivity contribution in [2.45, 2.75) is 55.9 Å². The number of hydrogen-bond acceptors (Lipinski definition) is 17. The van der Waals surface area contributed by atoms with Crippen LogP contribution in [0.3, 0.4) is 0 Å². The molecule has 10 amide bonds. The molecular formula is C81H61N7O21. The molecule has 15 rings (SSSR count). The monoisotopic (exact) mass is 1470 g/mol. The number of aromatic hydroxyl groups is 1. The number of carbonyl (C=O) groups is 15. The van der Waals surface area contributed by atoms with Crippen molar-refractivity contribution in [3.8, 4) is 5.75 Å². The molecule has 546 valence electrons. The second-order valence-electron chi connectivity index (χ2n) is 24.7. The third-order valence-electron chi connectivity index (χ3n) is 18.0. The summed E-state index contributed by atoms with van der Waals surface area (Å²) in [7, 11) is 0. The number of H-pyrrole nitrogens is 1. The van der Waals surface area contributed by atoms with E-state index in [-0.39, 0.29) is 75.9 Å². The van der Waals surface area contributed by atoms with E-state index in [4.69, 9.17) is 5.11 Å². The Kier molecular flexibility index (Phi) is 22.6. The van der Waals surface area contributed by atoms with E-state index in [0.29, 0.717) is 33.6 Å². The van der Waals surface area contributed by atoms with E-state index in [2.05, 4.69) is 9.97 Å². The quantitative estimate of drug-likeness (QED) is 0.0371. The van der Waals surface area contributed by atoms with Gasteiger partial charge in [-0.3, -0.25) is 77.2 Å². The molecule has 5 aliphatic rings. The molecule has 0 fully saturated rings. The minimum absolute atomic E-state index is 0.0267. The van der Waals surface area contributed by atoms with E-state index >= 15 is 0 Å². The zero-order valence-electron chi connectivity index (χ0n) is 56.9. The van der Waals surface area contributed by atoms with E-state index < -0.39 is 119 Å². The topological polar surface area (TPSA) is 422 Å². The molecule has 0 aliphatic carbocycles. The van der Waals surface area contributed by atoms with Gasteiger partial charge in [0.1, 0.15) is 29.7 Å². The zero-order chi connectivity index (χ0) is 77.9. The molecule has 28 nitrogen and oxygen atoms in total. The average Bonchev–Trinajstić information content (AvgIpc) is 1.65. The highest BCUT2D eigenvalue weighted by Crippen LogP contribution is 2.36. The number of imide groups is 5. The molecule has 9 aromatic carbocycles. The molecule has 0 saturated heterocycles. The molecule has 5 atom stereocenters. The number of hydrogen-bond donors (Lipinski definition) is 7. The van der Waals surface area contributed by atoms with Gasteiger partial charge in [-0.05, 0) is 95.1 Å². The normalized spacial score (nSPS) is 14.9. The van der Waals surface area contributed by atoms with Crippen LogP contribution >= 0.6 is 0 Å². The van der Waals surface area contributed by atoms with Gasteiger partial charge >= 0.3 is 29.8 Å². The van der Waals surface area contributed by atoms with E-state index in [9.17, 15) is 97.5 Å². The SMILES string of the molecule is O=C(O)C(Cc1ccc(O)cc1)N1C(=O)c2ccccc2C1=O.O=C(O)C(Cc1ccccc1)N1C(=O)c2ccccc2C1=O.O=C(O)C(Cc1ncc[nH]1)N1C(=O)c2ccccc2C1=O.O=C(O)C(c1ccccc1)N1C(=O)c2ccccc2C1=O.O=C(O)CC(c1ccccc1)N1C(=O)c2ccccc2C1=O. The number of aliphatic carboxylic acids is 5. The molecule has 28 heteroatoms. The van der Waals surface area contributed by atoms with Crippen LogP contribution in [0.1, 0.15) is 150 Å². The van der Waals surface area contributed by atoms with Crippen LogP contribution in [-0.2, 0) is 43.2 Å². The van der Waals surface area contributed by atoms with Crippen LogP contribution in [-0.4, -0.2) is 172 Å². The fourth-order valence-corrected chi connectivity index (χ4v) is 12.8. The van der Waals surface area contributed by atoms with Gasteiger partial charge in [-0.15, -0.1) is 0 Å². The lowest BCUT2D eigenvalue weighted by atomic mass is 10.0. The third-order valence-corrected chi connectivity index (χ3v) is 18.0. The number of imidazole rings is 1. The van der Waals surface area contributed by atoms with Crippen LogP contribution in [0.2, 0.25) is 0 Å². The maximum Gasteiger partial charge on any atom is 0.331 e. The number of fused-ring (bicyclic) bond motifs is 5. The van der Waals surface area contributed by atoms with Gasteiger partial charge in [-0.25, -0.2) is 24.2 Å². The van der Waals surface area contributed by atoms with E-state index in [1.165, 1.54) is 66.9 Å². The molecule has 0 bridgehead atoms. The number of phenolic OH excluding ortho intramolecular Hbond substituents is 1. The number of benzene rings is 9. The number of amides is 10. The summed E-state index contributed by atoms with van der Waals surface area (Å²) in [5.41, 5.74) is 4.90. The van der Waals surface area contributed by atoms with Crippen molar-refractivity contribution in [3.05, 3.63) is 333 Å². The Labute approximate surface area is 617 Å². The Morgan fingerprint density at radius 1 is 0.312 bits per heavy atom. The number of aromatic nitrogens is 2. The molecular weight excluding hydrogens is 1410 g/mol. The number of rotatable bonds is 19. The van der Waals surface area contributed by atoms with Crippen LogP contribution in [0, 0.1) is 0 Å². The Balaban J connectivity index is 0.000000135. The first-order chi connectivity index (χ1) is 52.4. The second kappa shape index (κ2) is 32.8. The van der Waals surface area contributed by atoms with Gasteiger partial charge in [0.15, 0.2) is 6.04 Å². The molecule has 109 heavy (non-hydrogen) atoms. The molecule has 7 N–H and O–H groups in total. The van der Waals surface area contributed by atoms with E-state index in [1.807, 2.05) is 6.07 Å². The highest BCUT2D eigenvalue weighted by Gasteiger charge is 2.48. The molecule has 10 aromatic rings. The number of nitrogens with one attached hydrogen (secondary N) is 1. The van der Waals surface area contributed by atoms with Crippen molar-refractivity contribution in [2.24, 2.45) is 0 Å². The van der Waals surface area contributed by atoms with Crippen LogP contribution in [0.4, 0.5) is 0 Å². The summed E-state index contributed by atoms with van der Waals surface area (Å²) in [4.78, 5) is 192. The summed E-state index contributed by atoms with van der Waals surface area (Å²) in [6.45, 7) is 0. The first kappa shape index (κ1) is 75.2. The number of aromatic amines is 1. The molecule has 1 aromatic heterocycles. The second-order valence-corrected chi connectivity index (χ2v) is 24.7. The van der Waals surface area contributed by atoms with Gasteiger partial charge in [0.25, 0.3) is 59.1 Å². The van der Waals surface area contributed by atoms with Crippen molar-refractivity contribution in [3.63, 3.8) is 0 Å².